The molecule has 1 aromatic rings. The Balaban J connectivity index is 1.80. The molecule has 0 saturated heterocycles. The maximum Gasteiger partial charge on any atom is 0.215 e. The number of hydrogen-bond donors (Lipinski definition) is 2. The van der Waals surface area contributed by atoms with Crippen LogP contribution in [0.15, 0.2) is 24.3 Å². The van der Waals surface area contributed by atoms with Crippen LogP contribution in [0.2, 0.25) is 0 Å². The lowest BCUT2D eigenvalue weighted by Gasteiger charge is -2.26. The number of sulfonamides is 1. The van der Waals surface area contributed by atoms with Gasteiger partial charge in [0.05, 0.1) is 11.3 Å². The summed E-state index contributed by atoms with van der Waals surface area (Å²) in [4.78, 5) is 0. The van der Waals surface area contributed by atoms with E-state index < -0.39 is 10.0 Å². The lowest BCUT2D eigenvalue weighted by molar-refractivity contribution is 0.462. The third kappa shape index (κ3) is 2.62. The van der Waals surface area contributed by atoms with Gasteiger partial charge in [0.15, 0.2) is 0 Å². The van der Waals surface area contributed by atoms with E-state index in [2.05, 4.69) is 4.72 Å². The number of benzene rings is 1. The molecular weight excluding hydrogens is 272 g/mol. The zero-order valence-electron chi connectivity index (χ0n) is 11.6. The molecule has 0 amide bonds. The van der Waals surface area contributed by atoms with Crippen LogP contribution in [0.1, 0.15) is 49.3 Å². The summed E-state index contributed by atoms with van der Waals surface area (Å²) in [6, 6.07) is 7.51. The molecule has 3 N–H and O–H groups in total. The molecule has 2 atom stereocenters. The van der Waals surface area contributed by atoms with Gasteiger partial charge in [-0.1, -0.05) is 43.5 Å². The van der Waals surface area contributed by atoms with Gasteiger partial charge in [-0.2, -0.15) is 0 Å². The van der Waals surface area contributed by atoms with E-state index in [1.54, 1.807) is 0 Å². The topological polar surface area (TPSA) is 72.2 Å². The highest BCUT2D eigenvalue weighted by molar-refractivity contribution is 7.90. The Morgan fingerprint density at radius 1 is 1.10 bits per heavy atom. The van der Waals surface area contributed by atoms with Gasteiger partial charge in [0.25, 0.3) is 0 Å². The smallest absolute Gasteiger partial charge is 0.215 e. The van der Waals surface area contributed by atoms with Gasteiger partial charge in [-0.3, -0.25) is 0 Å². The molecule has 1 fully saturated rings. The van der Waals surface area contributed by atoms with Gasteiger partial charge in [-0.05, 0) is 30.4 Å². The van der Waals surface area contributed by atoms with Crippen molar-refractivity contribution in [3.63, 3.8) is 0 Å². The van der Waals surface area contributed by atoms with Gasteiger partial charge in [0.1, 0.15) is 0 Å². The predicted octanol–water partition coefficient (Wildman–Crippen LogP) is 1.86. The summed E-state index contributed by atoms with van der Waals surface area (Å²) in [5.74, 6) is 0. The number of nitrogens with two attached hydrogens (primary N) is 1. The molecule has 2 aliphatic carbocycles. The summed E-state index contributed by atoms with van der Waals surface area (Å²) in [6.07, 6.45) is 5.47. The highest BCUT2D eigenvalue weighted by atomic mass is 32.2. The summed E-state index contributed by atoms with van der Waals surface area (Å²) >= 11 is 0. The van der Waals surface area contributed by atoms with Crippen molar-refractivity contribution in [1.82, 2.24) is 4.72 Å². The Hall–Kier alpha value is -0.910. The van der Waals surface area contributed by atoms with Crippen molar-refractivity contribution in [3.8, 4) is 0 Å². The fourth-order valence-corrected chi connectivity index (χ4v) is 5.23. The quantitative estimate of drug-likeness (QED) is 0.894. The molecule has 0 radical (unpaired) electrons. The second kappa shape index (κ2) is 5.47. The van der Waals surface area contributed by atoms with Crippen molar-refractivity contribution < 1.29 is 8.42 Å². The fraction of sp³-hybridized carbons (Fsp3) is 0.600. The Labute approximate surface area is 120 Å². The molecule has 1 aromatic carbocycles. The maximum atomic E-state index is 12.5. The molecule has 0 bridgehead atoms. The van der Waals surface area contributed by atoms with E-state index in [1.165, 1.54) is 0 Å². The lowest BCUT2D eigenvalue weighted by Crippen LogP contribution is -2.43. The van der Waals surface area contributed by atoms with E-state index >= 15 is 0 Å². The van der Waals surface area contributed by atoms with Gasteiger partial charge in [0, 0.05) is 6.04 Å². The van der Waals surface area contributed by atoms with Crippen LogP contribution in [0.25, 0.3) is 0 Å². The van der Waals surface area contributed by atoms with Gasteiger partial charge in [0.2, 0.25) is 10.0 Å². The molecule has 20 heavy (non-hydrogen) atoms. The molecule has 0 aromatic heterocycles. The number of hydrogen-bond acceptors (Lipinski definition) is 3. The number of fused-ring (bicyclic) bond motifs is 1. The van der Waals surface area contributed by atoms with Crippen LogP contribution in [0, 0.1) is 0 Å². The second-order valence-electron chi connectivity index (χ2n) is 5.97. The maximum absolute atomic E-state index is 12.5. The third-order valence-corrected chi connectivity index (χ3v) is 6.49. The SMILES string of the molecule is NC1Cc2ccccc2C1NS(=O)(=O)C1CCCCC1. The molecule has 2 unspecified atom stereocenters. The first-order chi connectivity index (χ1) is 9.58. The van der Waals surface area contributed by atoms with Crippen LogP contribution in [0.5, 0.6) is 0 Å². The van der Waals surface area contributed by atoms with Crippen LogP contribution in [-0.4, -0.2) is 19.7 Å². The summed E-state index contributed by atoms with van der Waals surface area (Å²) in [5, 5.41) is -0.240. The average molecular weight is 294 g/mol. The Morgan fingerprint density at radius 3 is 2.55 bits per heavy atom. The van der Waals surface area contributed by atoms with Crippen molar-refractivity contribution in [3.05, 3.63) is 35.4 Å². The predicted molar refractivity (Wildman–Crippen MR) is 79.8 cm³/mol. The lowest BCUT2D eigenvalue weighted by atomic mass is 10.0. The van der Waals surface area contributed by atoms with Gasteiger partial charge < -0.3 is 5.73 Å². The molecule has 0 aliphatic heterocycles. The fourth-order valence-electron chi connectivity index (χ4n) is 3.43. The molecule has 110 valence electrons. The highest BCUT2D eigenvalue weighted by Gasteiger charge is 2.36. The first-order valence-corrected chi connectivity index (χ1v) is 8.97. The van der Waals surface area contributed by atoms with Crippen molar-refractivity contribution in [1.29, 1.82) is 0 Å². The molecule has 5 heteroatoms. The van der Waals surface area contributed by atoms with E-state index in [-0.39, 0.29) is 17.3 Å². The van der Waals surface area contributed by atoms with E-state index in [1.807, 2.05) is 24.3 Å². The first-order valence-electron chi connectivity index (χ1n) is 7.42. The van der Waals surface area contributed by atoms with Crippen LogP contribution in [0.3, 0.4) is 0 Å². The van der Waals surface area contributed by atoms with Crippen LogP contribution in [0.4, 0.5) is 0 Å². The Morgan fingerprint density at radius 2 is 1.80 bits per heavy atom. The van der Waals surface area contributed by atoms with Gasteiger partial charge in [-0.25, -0.2) is 13.1 Å². The number of rotatable bonds is 3. The Bertz CT molecular complexity index is 579. The summed E-state index contributed by atoms with van der Waals surface area (Å²) in [5.41, 5.74) is 8.34. The van der Waals surface area contributed by atoms with E-state index in [4.69, 9.17) is 5.73 Å². The molecular formula is C15H22N2O2S. The minimum absolute atomic E-state index is 0.161. The van der Waals surface area contributed by atoms with Crippen molar-refractivity contribution in [2.75, 3.05) is 0 Å². The van der Waals surface area contributed by atoms with Crippen molar-refractivity contribution in [2.45, 2.75) is 55.9 Å². The molecule has 3 rings (SSSR count). The first kappa shape index (κ1) is 14.0. The van der Waals surface area contributed by atoms with Crippen LogP contribution < -0.4 is 10.5 Å². The summed E-state index contributed by atoms with van der Waals surface area (Å²) in [7, 11) is -3.27. The normalized spacial score (nSPS) is 27.4. The molecule has 2 aliphatic rings. The average Bonchev–Trinajstić information content (AvgIpc) is 2.76. The largest absolute Gasteiger partial charge is 0.326 e. The van der Waals surface area contributed by atoms with Crippen molar-refractivity contribution >= 4 is 10.0 Å². The monoisotopic (exact) mass is 294 g/mol. The van der Waals surface area contributed by atoms with Crippen LogP contribution in [-0.2, 0) is 16.4 Å². The highest BCUT2D eigenvalue weighted by Crippen LogP contribution is 2.32. The number of nitrogens with one attached hydrogen (secondary N) is 1. The van der Waals surface area contributed by atoms with E-state index in [9.17, 15) is 8.42 Å². The van der Waals surface area contributed by atoms with E-state index in [0.29, 0.717) is 0 Å². The van der Waals surface area contributed by atoms with Crippen molar-refractivity contribution in [2.24, 2.45) is 5.73 Å². The minimum atomic E-state index is -3.27. The molecule has 0 spiro atoms. The van der Waals surface area contributed by atoms with Gasteiger partial charge in [-0.15, -0.1) is 0 Å². The zero-order valence-corrected chi connectivity index (χ0v) is 12.4. The zero-order chi connectivity index (χ0) is 14.2. The van der Waals surface area contributed by atoms with Gasteiger partial charge >= 0.3 is 0 Å². The second-order valence-corrected chi connectivity index (χ2v) is 7.96. The summed E-state index contributed by atoms with van der Waals surface area (Å²) < 4.78 is 27.9. The van der Waals surface area contributed by atoms with E-state index in [0.717, 1.165) is 49.7 Å². The molecule has 0 heterocycles. The standard InChI is InChI=1S/C15H22N2O2S/c16-14-10-11-6-4-5-9-13(11)15(14)17-20(18,19)12-7-2-1-3-8-12/h4-6,9,12,14-15,17H,1-3,7-8,10,16H2. The molecule has 1 saturated carbocycles. The molecule has 4 nitrogen and oxygen atoms in total. The summed E-state index contributed by atoms with van der Waals surface area (Å²) in [6.45, 7) is 0. The third-order valence-electron chi connectivity index (χ3n) is 4.56. The Kier molecular flexibility index (Phi) is 3.84. The minimum Gasteiger partial charge on any atom is -0.326 e. The van der Waals surface area contributed by atoms with Crippen LogP contribution >= 0.6 is 0 Å².